The maximum absolute atomic E-state index is 11.9. The maximum atomic E-state index is 11.9. The topological polar surface area (TPSA) is 81.4 Å². The molecule has 0 fully saturated rings. The number of hydrogen-bond donors (Lipinski definition) is 2. The molecule has 0 bridgehead atoms. The average molecular weight is 290 g/mol. The van der Waals surface area contributed by atoms with Crippen molar-refractivity contribution in [1.82, 2.24) is 5.32 Å². The van der Waals surface area contributed by atoms with Crippen LogP contribution in [0.25, 0.3) is 0 Å². The first-order chi connectivity index (χ1) is 9.28. The molecule has 8 heteroatoms. The molecule has 0 aliphatic heterocycles. The van der Waals surface area contributed by atoms with E-state index in [9.17, 15) is 22.8 Å². The van der Waals surface area contributed by atoms with Gasteiger partial charge in [-0.1, -0.05) is 30.3 Å². The number of carbonyl (C=O) groups is 2. The Morgan fingerprint density at radius 2 is 1.85 bits per heavy atom. The van der Waals surface area contributed by atoms with Crippen LogP contribution in [0.1, 0.15) is 5.56 Å². The predicted octanol–water partition coefficient (Wildman–Crippen LogP) is 1.37. The second kappa shape index (κ2) is 6.78. The van der Waals surface area contributed by atoms with Gasteiger partial charge in [0.15, 0.2) is 6.61 Å². The predicted molar refractivity (Wildman–Crippen MR) is 63.7 cm³/mol. The number of nitrogens with one attached hydrogen (secondary N) is 1. The minimum absolute atomic E-state index is 0.0668. The summed E-state index contributed by atoms with van der Waals surface area (Å²) in [4.78, 5) is 22.3. The Labute approximate surface area is 112 Å². The van der Waals surface area contributed by atoms with Crippen LogP contribution in [0.5, 0.6) is 0 Å². The van der Waals surface area contributed by atoms with Crippen molar-refractivity contribution in [3.05, 3.63) is 35.9 Å². The van der Waals surface area contributed by atoms with Gasteiger partial charge in [-0.2, -0.15) is 13.2 Å². The van der Waals surface area contributed by atoms with E-state index in [0.29, 0.717) is 5.56 Å². The van der Waals surface area contributed by atoms with Gasteiger partial charge in [0.05, 0.1) is 0 Å². The molecule has 5 nitrogen and oxygen atoms in total. The quantitative estimate of drug-likeness (QED) is 0.859. The molecule has 0 aromatic heterocycles. The molecular weight excluding hydrogens is 277 g/mol. The number of amides is 2. The summed E-state index contributed by atoms with van der Waals surface area (Å²) in [7, 11) is 0. The van der Waals surface area contributed by atoms with Crippen LogP contribution in [0.15, 0.2) is 30.3 Å². The number of benzene rings is 1. The highest BCUT2D eigenvalue weighted by Crippen LogP contribution is 2.14. The van der Waals surface area contributed by atoms with Crippen LogP contribution in [0.4, 0.5) is 18.0 Å². The lowest BCUT2D eigenvalue weighted by atomic mass is 10.1. The number of hydrogen-bond acceptors (Lipinski definition) is 3. The van der Waals surface area contributed by atoms with Crippen molar-refractivity contribution in [1.29, 1.82) is 0 Å². The van der Waals surface area contributed by atoms with Crippen molar-refractivity contribution in [2.45, 2.75) is 18.6 Å². The molecule has 1 aromatic carbocycles. The van der Waals surface area contributed by atoms with Gasteiger partial charge in [-0.05, 0) is 5.56 Å². The second-order valence-corrected chi connectivity index (χ2v) is 3.98. The fourth-order valence-electron chi connectivity index (χ4n) is 1.40. The van der Waals surface area contributed by atoms with Gasteiger partial charge < -0.3 is 15.8 Å². The van der Waals surface area contributed by atoms with Crippen molar-refractivity contribution >= 4 is 12.0 Å². The smallest absolute Gasteiger partial charge is 0.422 e. The van der Waals surface area contributed by atoms with E-state index in [2.05, 4.69) is 4.74 Å². The zero-order valence-electron chi connectivity index (χ0n) is 10.3. The van der Waals surface area contributed by atoms with E-state index in [4.69, 9.17) is 5.73 Å². The molecule has 0 heterocycles. The lowest BCUT2D eigenvalue weighted by Crippen LogP contribution is -2.46. The summed E-state index contributed by atoms with van der Waals surface area (Å²) in [5.74, 6) is -0.863. The molecule has 0 radical (unpaired) electrons. The molecular formula is C12H13F3N2O3. The van der Waals surface area contributed by atoms with Gasteiger partial charge in [0, 0.05) is 6.42 Å². The Morgan fingerprint density at radius 3 is 2.35 bits per heavy atom. The molecule has 0 aliphatic rings. The van der Waals surface area contributed by atoms with Gasteiger partial charge in [-0.15, -0.1) is 0 Å². The number of alkyl carbamates (subject to hydrolysis) is 1. The molecule has 2 amide bonds. The number of halogens is 3. The van der Waals surface area contributed by atoms with Crippen LogP contribution in [0.2, 0.25) is 0 Å². The summed E-state index contributed by atoms with van der Waals surface area (Å²) >= 11 is 0. The van der Waals surface area contributed by atoms with E-state index < -0.39 is 30.8 Å². The Morgan fingerprint density at radius 1 is 1.25 bits per heavy atom. The number of ether oxygens (including phenoxy) is 1. The molecule has 20 heavy (non-hydrogen) atoms. The van der Waals surface area contributed by atoms with Crippen LogP contribution >= 0.6 is 0 Å². The normalized spacial score (nSPS) is 12.6. The van der Waals surface area contributed by atoms with Crippen molar-refractivity contribution in [3.63, 3.8) is 0 Å². The number of primary amides is 1. The van der Waals surface area contributed by atoms with Gasteiger partial charge in [0.1, 0.15) is 6.04 Å². The largest absolute Gasteiger partial charge is 0.440 e. The lowest BCUT2D eigenvalue weighted by Gasteiger charge is -2.16. The Hall–Kier alpha value is -2.25. The van der Waals surface area contributed by atoms with Gasteiger partial charge >= 0.3 is 12.3 Å². The van der Waals surface area contributed by atoms with Gasteiger partial charge in [0.2, 0.25) is 5.91 Å². The summed E-state index contributed by atoms with van der Waals surface area (Å²) < 4.78 is 39.5. The summed E-state index contributed by atoms with van der Waals surface area (Å²) in [6.45, 7) is -1.73. The van der Waals surface area contributed by atoms with Crippen LogP contribution < -0.4 is 11.1 Å². The van der Waals surface area contributed by atoms with Crippen LogP contribution in [-0.2, 0) is 16.0 Å². The van der Waals surface area contributed by atoms with E-state index in [-0.39, 0.29) is 6.42 Å². The third-order valence-electron chi connectivity index (χ3n) is 2.29. The van der Waals surface area contributed by atoms with Crippen LogP contribution in [0, 0.1) is 0 Å². The van der Waals surface area contributed by atoms with Crippen molar-refractivity contribution < 1.29 is 27.5 Å². The van der Waals surface area contributed by atoms with Crippen LogP contribution in [0.3, 0.4) is 0 Å². The molecule has 1 rings (SSSR count). The zero-order valence-corrected chi connectivity index (χ0v) is 10.3. The third kappa shape index (κ3) is 6.07. The second-order valence-electron chi connectivity index (χ2n) is 3.98. The maximum Gasteiger partial charge on any atom is 0.422 e. The van der Waals surface area contributed by atoms with Crippen molar-refractivity contribution in [2.75, 3.05) is 6.61 Å². The highest BCUT2D eigenvalue weighted by molar-refractivity contribution is 5.84. The Bertz CT molecular complexity index is 463. The Balaban J connectivity index is 2.55. The fourth-order valence-corrected chi connectivity index (χ4v) is 1.40. The van der Waals surface area contributed by atoms with Crippen molar-refractivity contribution in [3.8, 4) is 0 Å². The van der Waals surface area contributed by atoms with E-state index >= 15 is 0 Å². The standard InChI is InChI=1S/C12H13F3N2O3/c13-12(14,15)7-20-11(19)17-9(10(16)18)6-8-4-2-1-3-5-8/h1-5,9H,6-7H2,(H2,16,18)(H,17,19)/t9-/m0/s1. The molecule has 110 valence electrons. The van der Waals surface area contributed by atoms with Crippen molar-refractivity contribution in [2.24, 2.45) is 5.73 Å². The van der Waals surface area contributed by atoms with Gasteiger partial charge in [0.25, 0.3) is 0 Å². The molecule has 1 atom stereocenters. The zero-order chi connectivity index (χ0) is 15.2. The summed E-state index contributed by atoms with van der Waals surface area (Å²) in [5, 5.41) is 2.00. The summed E-state index contributed by atoms with van der Waals surface area (Å²) in [6.07, 6.45) is -5.90. The van der Waals surface area contributed by atoms with Gasteiger partial charge in [-0.25, -0.2) is 4.79 Å². The van der Waals surface area contributed by atoms with E-state index in [1.165, 1.54) is 0 Å². The first kappa shape index (κ1) is 15.8. The van der Waals surface area contributed by atoms with E-state index in [1.807, 2.05) is 5.32 Å². The Kier molecular flexibility index (Phi) is 5.36. The number of carbonyl (C=O) groups excluding carboxylic acids is 2. The lowest BCUT2D eigenvalue weighted by molar-refractivity contribution is -0.160. The molecule has 0 aliphatic carbocycles. The molecule has 1 aromatic rings. The third-order valence-corrected chi connectivity index (χ3v) is 2.29. The molecule has 0 saturated heterocycles. The van der Waals surface area contributed by atoms with E-state index in [0.717, 1.165) is 0 Å². The number of nitrogens with two attached hydrogens (primary N) is 1. The van der Waals surface area contributed by atoms with Gasteiger partial charge in [-0.3, -0.25) is 4.79 Å². The minimum atomic E-state index is -4.63. The first-order valence-corrected chi connectivity index (χ1v) is 5.61. The number of alkyl halides is 3. The van der Waals surface area contributed by atoms with Crippen LogP contribution in [-0.4, -0.2) is 30.8 Å². The number of rotatable bonds is 5. The summed E-state index contributed by atoms with van der Waals surface area (Å²) in [6, 6.07) is 7.44. The monoisotopic (exact) mass is 290 g/mol. The minimum Gasteiger partial charge on any atom is -0.440 e. The molecule has 0 saturated carbocycles. The average Bonchev–Trinajstić information content (AvgIpc) is 2.36. The molecule has 0 spiro atoms. The highest BCUT2D eigenvalue weighted by Gasteiger charge is 2.30. The van der Waals surface area contributed by atoms with E-state index in [1.54, 1.807) is 30.3 Å². The first-order valence-electron chi connectivity index (χ1n) is 5.61. The fraction of sp³-hybridized carbons (Fsp3) is 0.333. The molecule has 3 N–H and O–H groups in total. The SMILES string of the molecule is NC(=O)[C@H](Cc1ccccc1)NC(=O)OCC(F)(F)F. The summed E-state index contributed by atoms with van der Waals surface area (Å²) in [5.41, 5.74) is 5.78. The highest BCUT2D eigenvalue weighted by atomic mass is 19.4. The molecule has 0 unspecified atom stereocenters.